The first-order chi connectivity index (χ1) is 11.6. The van der Waals surface area contributed by atoms with Crippen LogP contribution in [0, 0.1) is 0 Å². The van der Waals surface area contributed by atoms with Crippen molar-refractivity contribution in [3.63, 3.8) is 0 Å². The quantitative estimate of drug-likeness (QED) is 0.719. The molecule has 0 amide bonds. The maximum absolute atomic E-state index is 12.2. The molecule has 0 saturated heterocycles. The molecule has 0 aliphatic rings. The number of aromatic nitrogens is 1. The number of pyridine rings is 1. The number of rotatable bonds is 4. The Morgan fingerprint density at radius 2 is 1.83 bits per heavy atom. The van der Waals surface area contributed by atoms with Gasteiger partial charge in [-0.3, -0.25) is 4.79 Å². The molecule has 2 aromatic carbocycles. The van der Waals surface area contributed by atoms with Crippen LogP contribution in [0.15, 0.2) is 53.3 Å². The second kappa shape index (κ2) is 6.45. The lowest BCUT2D eigenvalue weighted by Gasteiger charge is -2.09. The van der Waals surface area contributed by atoms with Gasteiger partial charge < -0.3 is 19.6 Å². The largest absolute Gasteiger partial charge is 0.505 e. The summed E-state index contributed by atoms with van der Waals surface area (Å²) in [7, 11) is 0. The molecule has 0 bridgehead atoms. The van der Waals surface area contributed by atoms with Gasteiger partial charge in [-0.1, -0.05) is 18.2 Å². The molecule has 0 unspecified atom stereocenters. The zero-order valence-corrected chi connectivity index (χ0v) is 12.9. The van der Waals surface area contributed by atoms with Gasteiger partial charge in [0, 0.05) is 5.39 Å². The zero-order chi connectivity index (χ0) is 17.1. The second-order valence-electron chi connectivity index (χ2n) is 5.02. The highest BCUT2D eigenvalue weighted by Crippen LogP contribution is 2.30. The summed E-state index contributed by atoms with van der Waals surface area (Å²) >= 11 is 0. The summed E-state index contributed by atoms with van der Waals surface area (Å²) in [5.74, 6) is -0.0314. The van der Waals surface area contributed by atoms with Crippen LogP contribution in [0.3, 0.4) is 0 Å². The second-order valence-corrected chi connectivity index (χ2v) is 5.02. The molecule has 0 fully saturated rings. The van der Waals surface area contributed by atoms with Crippen LogP contribution in [-0.2, 0) is 4.74 Å². The molecule has 1 aromatic heterocycles. The van der Waals surface area contributed by atoms with Gasteiger partial charge in [-0.15, -0.1) is 0 Å². The number of aromatic hydroxyl groups is 1. The van der Waals surface area contributed by atoms with Gasteiger partial charge >= 0.3 is 5.97 Å². The van der Waals surface area contributed by atoms with Crippen molar-refractivity contribution in [2.45, 2.75) is 6.92 Å². The molecule has 6 heteroatoms. The third kappa shape index (κ3) is 2.94. The van der Waals surface area contributed by atoms with E-state index in [0.29, 0.717) is 11.5 Å². The van der Waals surface area contributed by atoms with E-state index in [1.165, 1.54) is 12.1 Å². The van der Waals surface area contributed by atoms with E-state index in [-0.39, 0.29) is 28.8 Å². The van der Waals surface area contributed by atoms with Gasteiger partial charge in [-0.05, 0) is 37.3 Å². The van der Waals surface area contributed by atoms with Crippen molar-refractivity contribution in [3.8, 4) is 17.2 Å². The predicted octanol–water partition coefficient (Wildman–Crippen LogP) is 3.20. The van der Waals surface area contributed by atoms with Gasteiger partial charge in [0.1, 0.15) is 11.5 Å². The number of carbonyl (C=O) groups excluding carboxylic acids is 1. The highest BCUT2D eigenvalue weighted by molar-refractivity contribution is 5.99. The number of esters is 1. The lowest BCUT2D eigenvalue weighted by molar-refractivity contribution is 0.0516. The number of hydrogen-bond donors (Lipinski definition) is 2. The molecular formula is C18H15NO5. The normalized spacial score (nSPS) is 10.5. The van der Waals surface area contributed by atoms with E-state index in [1.807, 2.05) is 18.2 Å². The Morgan fingerprint density at radius 3 is 2.54 bits per heavy atom. The fourth-order valence-electron chi connectivity index (χ4n) is 2.33. The molecule has 122 valence electrons. The standard InChI is InChI=1S/C18H15NO5/c1-2-23-18(22)15-16(20)13-9-8-12(10-14(13)17(21)19-15)24-11-6-4-3-5-7-11/h3-10,20H,2H2,1H3,(H,19,21). The lowest BCUT2D eigenvalue weighted by atomic mass is 10.1. The van der Waals surface area contributed by atoms with Gasteiger partial charge in [0.15, 0.2) is 11.4 Å². The molecule has 6 nitrogen and oxygen atoms in total. The van der Waals surface area contributed by atoms with Crippen LogP contribution in [0.2, 0.25) is 0 Å². The molecule has 0 radical (unpaired) electrons. The topological polar surface area (TPSA) is 88.6 Å². The van der Waals surface area contributed by atoms with Gasteiger partial charge in [0.2, 0.25) is 0 Å². The van der Waals surface area contributed by atoms with E-state index >= 15 is 0 Å². The van der Waals surface area contributed by atoms with Crippen LogP contribution >= 0.6 is 0 Å². The van der Waals surface area contributed by atoms with Gasteiger partial charge in [0.05, 0.1) is 12.0 Å². The fourth-order valence-corrected chi connectivity index (χ4v) is 2.33. The molecule has 0 saturated carbocycles. The Bertz CT molecular complexity index is 947. The number of carbonyl (C=O) groups is 1. The summed E-state index contributed by atoms with van der Waals surface area (Å²) in [5.41, 5.74) is -0.768. The Morgan fingerprint density at radius 1 is 1.08 bits per heavy atom. The fraction of sp³-hybridized carbons (Fsp3) is 0.111. The Kier molecular flexibility index (Phi) is 4.20. The van der Waals surface area contributed by atoms with Crippen LogP contribution in [0.1, 0.15) is 17.4 Å². The highest BCUT2D eigenvalue weighted by Gasteiger charge is 2.18. The minimum atomic E-state index is -0.779. The van der Waals surface area contributed by atoms with E-state index in [0.717, 1.165) is 0 Å². The van der Waals surface area contributed by atoms with E-state index in [1.54, 1.807) is 25.1 Å². The van der Waals surface area contributed by atoms with Gasteiger partial charge in [-0.2, -0.15) is 0 Å². The summed E-state index contributed by atoms with van der Waals surface area (Å²) < 4.78 is 10.5. The molecule has 3 rings (SSSR count). The average molecular weight is 325 g/mol. The average Bonchev–Trinajstić information content (AvgIpc) is 2.59. The van der Waals surface area contributed by atoms with Crippen molar-refractivity contribution in [3.05, 3.63) is 64.6 Å². The van der Waals surface area contributed by atoms with E-state index in [4.69, 9.17) is 9.47 Å². The molecule has 2 N–H and O–H groups in total. The first kappa shape index (κ1) is 15.6. The minimum Gasteiger partial charge on any atom is -0.505 e. The monoisotopic (exact) mass is 325 g/mol. The number of fused-ring (bicyclic) bond motifs is 1. The van der Waals surface area contributed by atoms with Gasteiger partial charge in [-0.25, -0.2) is 4.79 Å². The smallest absolute Gasteiger partial charge is 0.358 e. The van der Waals surface area contributed by atoms with Crippen LogP contribution in [0.25, 0.3) is 10.8 Å². The summed E-state index contributed by atoms with van der Waals surface area (Å²) in [4.78, 5) is 26.4. The summed E-state index contributed by atoms with van der Waals surface area (Å²) in [5, 5.41) is 10.7. The zero-order valence-electron chi connectivity index (χ0n) is 12.9. The minimum absolute atomic E-state index is 0.141. The summed E-state index contributed by atoms with van der Waals surface area (Å²) in [6, 6.07) is 13.8. The number of benzene rings is 2. The number of aromatic amines is 1. The van der Waals surface area contributed by atoms with Crippen LogP contribution in [-0.4, -0.2) is 22.7 Å². The van der Waals surface area contributed by atoms with Crippen molar-refractivity contribution in [1.82, 2.24) is 4.98 Å². The van der Waals surface area contributed by atoms with Crippen molar-refractivity contribution in [2.75, 3.05) is 6.61 Å². The number of nitrogens with one attached hydrogen (secondary N) is 1. The first-order valence-corrected chi connectivity index (χ1v) is 7.39. The molecular weight excluding hydrogens is 310 g/mol. The lowest BCUT2D eigenvalue weighted by Crippen LogP contribution is -2.15. The van der Waals surface area contributed by atoms with E-state index in [9.17, 15) is 14.7 Å². The van der Waals surface area contributed by atoms with Crippen molar-refractivity contribution >= 4 is 16.7 Å². The van der Waals surface area contributed by atoms with Crippen molar-refractivity contribution in [2.24, 2.45) is 0 Å². The number of hydrogen-bond acceptors (Lipinski definition) is 5. The van der Waals surface area contributed by atoms with Crippen molar-refractivity contribution in [1.29, 1.82) is 0 Å². The Labute approximate surface area is 137 Å². The SMILES string of the molecule is CCOC(=O)c1[nH]c(=O)c2cc(Oc3ccccc3)ccc2c1O. The summed E-state index contributed by atoms with van der Waals surface area (Å²) in [6.45, 7) is 1.78. The number of H-pyrrole nitrogens is 1. The van der Waals surface area contributed by atoms with Crippen LogP contribution < -0.4 is 10.3 Å². The Hall–Kier alpha value is -3.28. The van der Waals surface area contributed by atoms with Gasteiger partial charge in [0.25, 0.3) is 5.56 Å². The molecule has 0 aliphatic heterocycles. The summed E-state index contributed by atoms with van der Waals surface area (Å²) in [6.07, 6.45) is 0. The molecule has 24 heavy (non-hydrogen) atoms. The predicted molar refractivity (Wildman–Crippen MR) is 88.7 cm³/mol. The van der Waals surface area contributed by atoms with Crippen LogP contribution in [0.5, 0.6) is 17.2 Å². The number of para-hydroxylation sites is 1. The molecule has 0 atom stereocenters. The molecule has 0 spiro atoms. The van der Waals surface area contributed by atoms with Crippen LogP contribution in [0.4, 0.5) is 0 Å². The Balaban J connectivity index is 2.05. The molecule has 3 aromatic rings. The maximum atomic E-state index is 12.2. The third-order valence-corrected chi connectivity index (χ3v) is 3.42. The van der Waals surface area contributed by atoms with Crippen molar-refractivity contribution < 1.29 is 19.4 Å². The first-order valence-electron chi connectivity index (χ1n) is 7.39. The molecule has 1 heterocycles. The van der Waals surface area contributed by atoms with E-state index < -0.39 is 11.5 Å². The number of ether oxygens (including phenoxy) is 2. The third-order valence-electron chi connectivity index (χ3n) is 3.42. The molecule has 0 aliphatic carbocycles. The van der Waals surface area contributed by atoms with E-state index in [2.05, 4.69) is 4.98 Å². The maximum Gasteiger partial charge on any atom is 0.358 e. The highest BCUT2D eigenvalue weighted by atomic mass is 16.5.